The fourth-order valence-electron chi connectivity index (χ4n) is 1.32. The van der Waals surface area contributed by atoms with Gasteiger partial charge in [-0.25, -0.2) is 14.2 Å². The summed E-state index contributed by atoms with van der Waals surface area (Å²) >= 11 is 0. The summed E-state index contributed by atoms with van der Waals surface area (Å²) in [5.41, 5.74) is 0.605. The lowest BCUT2D eigenvalue weighted by atomic mass is 10.4. The van der Waals surface area contributed by atoms with Crippen molar-refractivity contribution >= 4 is 19.8 Å². The molecule has 0 aliphatic rings. The Morgan fingerprint density at radius 2 is 1.20 bits per heavy atom. The maximum Gasteiger partial charge on any atom is 0.474 e. The molecule has 0 saturated heterocycles. The summed E-state index contributed by atoms with van der Waals surface area (Å²) in [6, 6.07) is 0. The van der Waals surface area contributed by atoms with Gasteiger partial charge in [-0.2, -0.15) is 0 Å². The van der Waals surface area contributed by atoms with Crippen molar-refractivity contribution in [3.05, 3.63) is 24.3 Å². The molecule has 0 unspecified atom stereocenters. The molecule has 0 aromatic heterocycles. The van der Waals surface area contributed by atoms with Crippen molar-refractivity contribution in [3.63, 3.8) is 0 Å². The largest absolute Gasteiger partial charge is 0.474 e. The van der Waals surface area contributed by atoms with Gasteiger partial charge in [0.05, 0.1) is 33.0 Å². The van der Waals surface area contributed by atoms with Crippen molar-refractivity contribution in [2.45, 2.75) is 33.6 Å². The Kier molecular flexibility index (Phi) is 12.1. The molecule has 144 valence electrons. The van der Waals surface area contributed by atoms with Gasteiger partial charge in [0.15, 0.2) is 0 Å². The second-order valence-electron chi connectivity index (χ2n) is 5.07. The summed E-state index contributed by atoms with van der Waals surface area (Å²) < 4.78 is 37.4. The molecule has 0 aromatic carbocycles. The van der Waals surface area contributed by atoms with Crippen LogP contribution in [0.1, 0.15) is 33.6 Å². The van der Waals surface area contributed by atoms with E-state index in [1.165, 1.54) is 0 Å². The van der Waals surface area contributed by atoms with Gasteiger partial charge in [-0.1, -0.05) is 13.2 Å². The first-order valence-corrected chi connectivity index (χ1v) is 9.36. The molecule has 8 nitrogen and oxygen atoms in total. The first-order valence-electron chi connectivity index (χ1n) is 7.90. The van der Waals surface area contributed by atoms with Crippen molar-refractivity contribution in [3.8, 4) is 0 Å². The minimum absolute atomic E-state index is 0.0331. The molecule has 0 radical (unpaired) electrons. The lowest BCUT2D eigenvalue weighted by molar-refractivity contribution is -0.140. The molecule has 25 heavy (non-hydrogen) atoms. The van der Waals surface area contributed by atoms with E-state index in [0.717, 1.165) is 0 Å². The Morgan fingerprint density at radius 3 is 1.52 bits per heavy atom. The van der Waals surface area contributed by atoms with Crippen LogP contribution in [0.4, 0.5) is 0 Å². The Labute approximate surface area is 148 Å². The molecule has 0 fully saturated rings. The van der Waals surface area contributed by atoms with Crippen molar-refractivity contribution < 1.29 is 37.2 Å². The van der Waals surface area contributed by atoms with Crippen LogP contribution < -0.4 is 0 Å². The third kappa shape index (κ3) is 11.7. The molecule has 0 rings (SSSR count). The molecule has 0 aliphatic carbocycles. The highest BCUT2D eigenvalue weighted by Gasteiger charge is 2.25. The minimum Gasteiger partial charge on any atom is -0.462 e. The highest BCUT2D eigenvalue weighted by molar-refractivity contribution is 7.48. The van der Waals surface area contributed by atoms with Crippen LogP contribution >= 0.6 is 7.82 Å². The maximum absolute atomic E-state index is 12.3. The zero-order chi connectivity index (χ0) is 19.3. The van der Waals surface area contributed by atoms with E-state index in [0.29, 0.717) is 24.0 Å². The van der Waals surface area contributed by atoms with Gasteiger partial charge in [-0.15, -0.1) is 0 Å². The highest BCUT2D eigenvalue weighted by Crippen LogP contribution is 2.49. The molecule has 0 aromatic rings. The highest BCUT2D eigenvalue weighted by atomic mass is 31.2. The first-order chi connectivity index (χ1) is 11.7. The van der Waals surface area contributed by atoms with E-state index in [4.69, 9.17) is 23.0 Å². The Balaban J connectivity index is 4.04. The van der Waals surface area contributed by atoms with Crippen LogP contribution in [0.3, 0.4) is 0 Å². The van der Waals surface area contributed by atoms with Crippen molar-refractivity contribution in [1.29, 1.82) is 0 Å². The summed E-state index contributed by atoms with van der Waals surface area (Å²) in [7, 11) is -3.70. The summed E-state index contributed by atoms with van der Waals surface area (Å²) in [4.78, 5) is 22.4. The lowest BCUT2D eigenvalue weighted by Gasteiger charge is -2.17. The van der Waals surface area contributed by atoms with Gasteiger partial charge in [0, 0.05) is 24.0 Å². The molecule has 0 atom stereocenters. The lowest BCUT2D eigenvalue weighted by Crippen LogP contribution is -2.10. The first kappa shape index (κ1) is 23.5. The molecule has 0 bridgehead atoms. The predicted octanol–water partition coefficient (Wildman–Crippen LogP) is 3.18. The molecular weight excluding hydrogens is 351 g/mol. The summed E-state index contributed by atoms with van der Waals surface area (Å²) in [5.74, 6) is -0.984. The second-order valence-corrected chi connectivity index (χ2v) is 6.74. The molecule has 0 N–H and O–H groups in total. The zero-order valence-electron chi connectivity index (χ0n) is 15.1. The summed E-state index contributed by atoms with van der Waals surface area (Å²) in [6.45, 7) is 12.1. The quantitative estimate of drug-likeness (QED) is 0.197. The average Bonchev–Trinajstić information content (AvgIpc) is 2.53. The topological polar surface area (TPSA) is 97.4 Å². The number of phosphoric acid groups is 1. The minimum atomic E-state index is -3.70. The monoisotopic (exact) mass is 378 g/mol. The maximum atomic E-state index is 12.3. The molecular formula is C16H27O8P. The van der Waals surface area contributed by atoms with Crippen LogP contribution in [0, 0.1) is 0 Å². The van der Waals surface area contributed by atoms with Crippen LogP contribution in [-0.4, -0.2) is 45.0 Å². The number of carbonyl (C=O) groups excluding carboxylic acids is 2. The van der Waals surface area contributed by atoms with Crippen molar-refractivity contribution in [1.82, 2.24) is 0 Å². The SMILES string of the molecule is C=C(C)C(=O)OCCCOP(=O)(OCC)OCCCOC(=O)C(=C)C. The van der Waals surface area contributed by atoms with Gasteiger partial charge in [0.2, 0.25) is 0 Å². The number of ether oxygens (including phenoxy) is 2. The molecule has 9 heteroatoms. The molecule has 0 amide bonds. The van der Waals surface area contributed by atoms with E-state index in [1.54, 1.807) is 20.8 Å². The van der Waals surface area contributed by atoms with E-state index >= 15 is 0 Å². The second kappa shape index (κ2) is 12.8. The molecule has 0 saturated carbocycles. The zero-order valence-corrected chi connectivity index (χ0v) is 16.0. The third-order valence-corrected chi connectivity index (χ3v) is 4.10. The molecule has 0 aliphatic heterocycles. The number of esters is 2. The third-order valence-electron chi connectivity index (χ3n) is 2.53. The number of rotatable bonds is 14. The van der Waals surface area contributed by atoms with Gasteiger partial charge in [-0.3, -0.25) is 13.6 Å². The summed E-state index contributed by atoms with van der Waals surface area (Å²) in [5, 5.41) is 0. The Hall–Kier alpha value is -1.47. The van der Waals surface area contributed by atoms with Crippen LogP contribution in [0.5, 0.6) is 0 Å². The average molecular weight is 378 g/mol. The van der Waals surface area contributed by atoms with Crippen molar-refractivity contribution in [2.24, 2.45) is 0 Å². The Bertz CT molecular complexity index is 474. The van der Waals surface area contributed by atoms with E-state index in [1.807, 2.05) is 0 Å². The smallest absolute Gasteiger partial charge is 0.462 e. The molecule has 0 spiro atoms. The van der Waals surface area contributed by atoms with Crippen LogP contribution in [0.25, 0.3) is 0 Å². The fourth-order valence-corrected chi connectivity index (χ4v) is 2.56. The number of carbonyl (C=O) groups is 2. The summed E-state index contributed by atoms with van der Waals surface area (Å²) in [6.07, 6.45) is 0.658. The molecule has 0 heterocycles. The normalized spacial score (nSPS) is 11.0. The van der Waals surface area contributed by atoms with Gasteiger partial charge in [0.1, 0.15) is 0 Å². The van der Waals surface area contributed by atoms with Gasteiger partial charge < -0.3 is 9.47 Å². The van der Waals surface area contributed by atoms with Crippen LogP contribution in [0.2, 0.25) is 0 Å². The van der Waals surface area contributed by atoms with Gasteiger partial charge in [-0.05, 0) is 20.8 Å². The van der Waals surface area contributed by atoms with Gasteiger partial charge in [0.25, 0.3) is 0 Å². The van der Waals surface area contributed by atoms with Crippen LogP contribution in [0.15, 0.2) is 24.3 Å². The fraction of sp³-hybridized carbons (Fsp3) is 0.625. The van der Waals surface area contributed by atoms with Gasteiger partial charge >= 0.3 is 19.8 Å². The predicted molar refractivity (Wildman–Crippen MR) is 91.9 cm³/mol. The van der Waals surface area contributed by atoms with E-state index in [-0.39, 0.29) is 33.0 Å². The number of hydrogen-bond donors (Lipinski definition) is 0. The van der Waals surface area contributed by atoms with E-state index in [2.05, 4.69) is 13.2 Å². The van der Waals surface area contributed by atoms with Crippen molar-refractivity contribution in [2.75, 3.05) is 33.0 Å². The number of phosphoric ester groups is 1. The van der Waals surface area contributed by atoms with E-state index in [9.17, 15) is 14.2 Å². The number of hydrogen-bond acceptors (Lipinski definition) is 8. The van der Waals surface area contributed by atoms with Crippen LogP contribution in [-0.2, 0) is 37.2 Å². The Morgan fingerprint density at radius 1 is 0.800 bits per heavy atom. The van der Waals surface area contributed by atoms with E-state index < -0.39 is 19.8 Å². The standard InChI is InChI=1S/C16H27O8P/c1-6-22-25(19,23-11-7-9-20-15(17)13(2)3)24-12-8-10-21-16(18)14(4)5/h2,4,6-12H2,1,3,5H3.